The predicted octanol–water partition coefficient (Wildman–Crippen LogP) is 3.03. The monoisotopic (exact) mass is 197 g/mol. The van der Waals surface area contributed by atoms with Gasteiger partial charge in [-0.1, -0.05) is 32.1 Å². The molecule has 14 heavy (non-hydrogen) atoms. The average molecular weight is 197 g/mol. The first kappa shape index (κ1) is 10.4. The minimum absolute atomic E-state index is 0.499. The Bertz CT molecular complexity index is 162. The van der Waals surface area contributed by atoms with Gasteiger partial charge in [-0.2, -0.15) is 5.48 Å². The molecule has 0 saturated heterocycles. The molecule has 0 aromatic rings. The minimum atomic E-state index is 0.499. The molecule has 2 saturated carbocycles. The molecule has 1 atom stereocenters. The summed E-state index contributed by atoms with van der Waals surface area (Å²) in [6, 6.07) is 0.542. The van der Waals surface area contributed by atoms with E-state index in [4.69, 9.17) is 4.84 Å². The van der Waals surface area contributed by atoms with Crippen molar-refractivity contribution in [1.29, 1.82) is 0 Å². The van der Waals surface area contributed by atoms with E-state index >= 15 is 0 Å². The van der Waals surface area contributed by atoms with Crippen molar-refractivity contribution in [3.05, 3.63) is 0 Å². The summed E-state index contributed by atoms with van der Waals surface area (Å²) in [6.07, 6.45) is 11.3. The molecule has 2 heteroatoms. The predicted molar refractivity (Wildman–Crippen MR) is 57.9 cm³/mol. The Morgan fingerprint density at radius 3 is 2.43 bits per heavy atom. The normalized spacial score (nSPS) is 26.4. The number of rotatable bonds is 5. The highest BCUT2D eigenvalue weighted by molar-refractivity contribution is 4.73. The van der Waals surface area contributed by atoms with Gasteiger partial charge in [0.15, 0.2) is 0 Å². The average Bonchev–Trinajstić information content (AvgIpc) is 2.60. The second kappa shape index (κ2) is 5.13. The van der Waals surface area contributed by atoms with E-state index in [0.29, 0.717) is 12.1 Å². The zero-order chi connectivity index (χ0) is 9.80. The molecule has 2 aliphatic rings. The molecule has 0 aliphatic heterocycles. The van der Waals surface area contributed by atoms with Crippen LogP contribution in [0.1, 0.15) is 58.3 Å². The zero-order valence-corrected chi connectivity index (χ0v) is 9.30. The van der Waals surface area contributed by atoms with Gasteiger partial charge in [0, 0.05) is 6.04 Å². The molecule has 0 heterocycles. The summed E-state index contributed by atoms with van der Waals surface area (Å²) in [4.78, 5) is 5.68. The molecule has 2 aliphatic carbocycles. The van der Waals surface area contributed by atoms with Gasteiger partial charge in [-0.3, -0.25) is 4.84 Å². The van der Waals surface area contributed by atoms with Crippen LogP contribution in [0, 0.1) is 5.92 Å². The van der Waals surface area contributed by atoms with E-state index in [9.17, 15) is 0 Å². The van der Waals surface area contributed by atoms with Crippen LogP contribution in [0.15, 0.2) is 0 Å². The van der Waals surface area contributed by atoms with Gasteiger partial charge < -0.3 is 0 Å². The highest BCUT2D eigenvalue weighted by atomic mass is 16.7. The fraction of sp³-hybridized carbons (Fsp3) is 1.00. The van der Waals surface area contributed by atoms with Gasteiger partial charge >= 0.3 is 0 Å². The molecule has 1 unspecified atom stereocenters. The molecular weight excluding hydrogens is 174 g/mol. The van der Waals surface area contributed by atoms with Crippen LogP contribution in [-0.4, -0.2) is 12.1 Å². The van der Waals surface area contributed by atoms with E-state index in [1.54, 1.807) is 0 Å². The van der Waals surface area contributed by atoms with E-state index in [0.717, 1.165) is 5.92 Å². The molecule has 2 nitrogen and oxygen atoms in total. The fourth-order valence-corrected chi connectivity index (χ4v) is 2.50. The van der Waals surface area contributed by atoms with E-state index in [-0.39, 0.29) is 0 Å². The fourth-order valence-electron chi connectivity index (χ4n) is 2.50. The molecule has 2 fully saturated rings. The van der Waals surface area contributed by atoms with Gasteiger partial charge in [0.2, 0.25) is 0 Å². The third-order valence-electron chi connectivity index (χ3n) is 3.65. The molecule has 0 amide bonds. The summed E-state index contributed by atoms with van der Waals surface area (Å²) in [7, 11) is 0. The number of hydrogen-bond donors (Lipinski definition) is 1. The topological polar surface area (TPSA) is 21.3 Å². The van der Waals surface area contributed by atoms with Crippen LogP contribution in [0.4, 0.5) is 0 Å². The third-order valence-corrected chi connectivity index (χ3v) is 3.65. The maximum atomic E-state index is 5.68. The molecular formula is C12H23NO. The second-order valence-corrected chi connectivity index (χ2v) is 5.08. The highest BCUT2D eigenvalue weighted by Crippen LogP contribution is 2.30. The Hall–Kier alpha value is -0.0800. The molecule has 0 radical (unpaired) electrons. The standard InChI is InChI=1S/C12H23NO/c1-10(9-11-5-4-6-11)13-14-12-7-2-3-8-12/h10-13H,2-9H2,1H3. The Kier molecular flexibility index (Phi) is 3.82. The Labute approximate surface area is 87.4 Å². The summed E-state index contributed by atoms with van der Waals surface area (Å²) in [6.45, 7) is 2.24. The van der Waals surface area contributed by atoms with Gasteiger partial charge in [0.25, 0.3) is 0 Å². The maximum Gasteiger partial charge on any atom is 0.0790 e. The van der Waals surface area contributed by atoms with E-state index < -0.39 is 0 Å². The van der Waals surface area contributed by atoms with Gasteiger partial charge in [0.1, 0.15) is 0 Å². The number of hydroxylamine groups is 1. The molecule has 0 bridgehead atoms. The van der Waals surface area contributed by atoms with E-state index in [1.165, 1.54) is 51.4 Å². The van der Waals surface area contributed by atoms with Crippen LogP contribution in [0.5, 0.6) is 0 Å². The van der Waals surface area contributed by atoms with Crippen LogP contribution in [0.3, 0.4) is 0 Å². The summed E-state index contributed by atoms with van der Waals surface area (Å²) in [5.74, 6) is 0.977. The SMILES string of the molecule is CC(CC1CCC1)NOC1CCCC1. The first-order valence-corrected chi connectivity index (χ1v) is 6.26. The maximum absolute atomic E-state index is 5.68. The lowest BCUT2D eigenvalue weighted by molar-refractivity contribution is -0.0424. The van der Waals surface area contributed by atoms with Gasteiger partial charge in [-0.25, -0.2) is 0 Å². The van der Waals surface area contributed by atoms with Gasteiger partial charge in [-0.15, -0.1) is 0 Å². The van der Waals surface area contributed by atoms with E-state index in [2.05, 4.69) is 12.4 Å². The third kappa shape index (κ3) is 2.96. The van der Waals surface area contributed by atoms with Gasteiger partial charge in [-0.05, 0) is 32.1 Å². The van der Waals surface area contributed by atoms with Crippen molar-refractivity contribution >= 4 is 0 Å². The van der Waals surface area contributed by atoms with Crippen molar-refractivity contribution < 1.29 is 4.84 Å². The highest BCUT2D eigenvalue weighted by Gasteiger charge is 2.21. The van der Waals surface area contributed by atoms with Crippen LogP contribution < -0.4 is 5.48 Å². The minimum Gasteiger partial charge on any atom is -0.298 e. The molecule has 1 N–H and O–H groups in total. The van der Waals surface area contributed by atoms with Crippen LogP contribution in [0.2, 0.25) is 0 Å². The molecule has 0 spiro atoms. The number of nitrogens with one attached hydrogen (secondary N) is 1. The van der Waals surface area contributed by atoms with Crippen LogP contribution in [-0.2, 0) is 4.84 Å². The largest absolute Gasteiger partial charge is 0.298 e. The first-order valence-electron chi connectivity index (χ1n) is 6.26. The van der Waals surface area contributed by atoms with E-state index in [1.807, 2.05) is 0 Å². The zero-order valence-electron chi connectivity index (χ0n) is 9.30. The van der Waals surface area contributed by atoms with Crippen molar-refractivity contribution in [2.45, 2.75) is 70.4 Å². The summed E-state index contributed by atoms with van der Waals surface area (Å²) >= 11 is 0. The lowest BCUT2D eigenvalue weighted by atomic mass is 9.81. The van der Waals surface area contributed by atoms with Gasteiger partial charge in [0.05, 0.1) is 6.10 Å². The number of hydrogen-bond acceptors (Lipinski definition) is 2. The summed E-state index contributed by atoms with van der Waals surface area (Å²) in [5.41, 5.74) is 3.22. The smallest absolute Gasteiger partial charge is 0.0790 e. The Morgan fingerprint density at radius 1 is 1.14 bits per heavy atom. The van der Waals surface area contributed by atoms with Crippen molar-refractivity contribution in [1.82, 2.24) is 5.48 Å². The lowest BCUT2D eigenvalue weighted by Gasteiger charge is -2.28. The Balaban J connectivity index is 1.54. The van der Waals surface area contributed by atoms with Crippen molar-refractivity contribution in [3.63, 3.8) is 0 Å². The first-order chi connectivity index (χ1) is 6.84. The van der Waals surface area contributed by atoms with Crippen molar-refractivity contribution in [2.75, 3.05) is 0 Å². The quantitative estimate of drug-likeness (QED) is 0.684. The molecule has 0 aromatic heterocycles. The van der Waals surface area contributed by atoms with Crippen molar-refractivity contribution in [3.8, 4) is 0 Å². The summed E-state index contributed by atoms with van der Waals surface area (Å²) in [5, 5.41) is 0. The van der Waals surface area contributed by atoms with Crippen LogP contribution >= 0.6 is 0 Å². The van der Waals surface area contributed by atoms with Crippen LogP contribution in [0.25, 0.3) is 0 Å². The molecule has 0 aromatic carbocycles. The molecule has 2 rings (SSSR count). The Morgan fingerprint density at radius 2 is 1.86 bits per heavy atom. The van der Waals surface area contributed by atoms with Crippen molar-refractivity contribution in [2.24, 2.45) is 5.92 Å². The lowest BCUT2D eigenvalue weighted by Crippen LogP contribution is -2.33. The molecule has 82 valence electrons. The summed E-state index contributed by atoms with van der Waals surface area (Å²) < 4.78 is 0. The second-order valence-electron chi connectivity index (χ2n) is 5.08.